The molecule has 282 valence electrons. The van der Waals surface area contributed by atoms with Crippen molar-refractivity contribution in [1.29, 1.82) is 0 Å². The molecule has 1 aliphatic heterocycles. The molecule has 6 atom stereocenters. The van der Waals surface area contributed by atoms with Gasteiger partial charge in [-0.05, 0) is 58.7 Å². The number of benzene rings is 5. The second-order valence-corrected chi connectivity index (χ2v) is 14.2. The lowest BCUT2D eigenvalue weighted by Gasteiger charge is -2.44. The third-order valence-corrected chi connectivity index (χ3v) is 10.3. The van der Waals surface area contributed by atoms with E-state index < -0.39 is 69.0 Å². The van der Waals surface area contributed by atoms with Crippen molar-refractivity contribution in [3.8, 4) is 11.1 Å². The number of esters is 3. The van der Waals surface area contributed by atoms with Crippen LogP contribution in [0.3, 0.4) is 0 Å². The minimum absolute atomic E-state index is 0.129. The molecular weight excluding hydrogens is 727 g/mol. The highest BCUT2D eigenvalue weighted by Crippen LogP contribution is 2.51. The lowest BCUT2D eigenvalue weighted by Crippen LogP contribution is -2.62. The Labute approximate surface area is 317 Å². The van der Waals surface area contributed by atoms with Gasteiger partial charge < -0.3 is 28.6 Å². The van der Waals surface area contributed by atoms with Crippen LogP contribution in [0, 0.1) is 0 Å². The molecule has 0 spiro atoms. The van der Waals surface area contributed by atoms with E-state index >= 15 is 0 Å². The van der Waals surface area contributed by atoms with Crippen LogP contribution >= 0.6 is 7.82 Å². The van der Waals surface area contributed by atoms with Gasteiger partial charge in [0.1, 0.15) is 18.8 Å². The number of rotatable bonds is 13. The Kier molecular flexibility index (Phi) is 11.6. The predicted molar refractivity (Wildman–Crippen MR) is 198 cm³/mol. The normalized spacial score (nSPS) is 21.4. The Hall–Kier alpha value is -5.46. The van der Waals surface area contributed by atoms with Crippen molar-refractivity contribution in [1.82, 2.24) is 0 Å². The number of carbonyl (C=O) groups excluding carboxylic acids is 3. The van der Waals surface area contributed by atoms with Gasteiger partial charge >= 0.3 is 25.7 Å². The van der Waals surface area contributed by atoms with Gasteiger partial charge in [-0.25, -0.2) is 18.9 Å². The summed E-state index contributed by atoms with van der Waals surface area (Å²) in [5, 5.41) is 0. The second-order valence-electron chi connectivity index (χ2n) is 12.8. The maximum Gasteiger partial charge on any atom is 0.472 e. The molecule has 1 saturated heterocycles. The first kappa shape index (κ1) is 37.8. The highest BCUT2D eigenvalue weighted by atomic mass is 31.2. The number of hydrogen-bond donors (Lipinski definition) is 1. The van der Waals surface area contributed by atoms with E-state index in [0.29, 0.717) is 0 Å². The fraction of sp³-hybridized carbons (Fsp3) is 0.214. The predicted octanol–water partition coefficient (Wildman–Crippen LogP) is 6.98. The third-order valence-electron chi connectivity index (χ3n) is 9.34. The fourth-order valence-corrected chi connectivity index (χ4v) is 7.69. The lowest BCUT2D eigenvalue weighted by molar-refractivity contribution is -0.290. The van der Waals surface area contributed by atoms with E-state index in [1.165, 1.54) is 31.4 Å². The Morgan fingerprint density at radius 2 is 1.05 bits per heavy atom. The zero-order valence-corrected chi connectivity index (χ0v) is 30.4. The van der Waals surface area contributed by atoms with Crippen LogP contribution < -0.4 is 0 Å². The molecule has 0 radical (unpaired) electrons. The van der Waals surface area contributed by atoms with Gasteiger partial charge in [-0.3, -0.25) is 9.05 Å². The van der Waals surface area contributed by atoms with Crippen molar-refractivity contribution in [3.05, 3.63) is 167 Å². The Balaban J connectivity index is 1.21. The highest BCUT2D eigenvalue weighted by molar-refractivity contribution is 7.47. The van der Waals surface area contributed by atoms with Gasteiger partial charge in [-0.2, -0.15) is 0 Å². The molecule has 5 aromatic carbocycles. The summed E-state index contributed by atoms with van der Waals surface area (Å²) in [5.74, 6) is -2.84. The van der Waals surface area contributed by atoms with E-state index in [2.05, 4.69) is 0 Å². The average Bonchev–Trinajstić information content (AvgIpc) is 3.55. The van der Waals surface area contributed by atoms with Crippen LogP contribution in [-0.2, 0) is 37.3 Å². The monoisotopic (exact) mass is 764 g/mol. The minimum Gasteiger partial charge on any atom is -0.459 e. The van der Waals surface area contributed by atoms with Gasteiger partial charge in [0.15, 0.2) is 18.5 Å². The fourth-order valence-electron chi connectivity index (χ4n) is 6.73. The summed E-state index contributed by atoms with van der Waals surface area (Å²) in [5.41, 5.74) is 4.28. The van der Waals surface area contributed by atoms with Gasteiger partial charge in [-0.15, -0.1) is 0 Å². The topological polar surface area (TPSA) is 153 Å². The number of methoxy groups -OCH3 is 1. The molecule has 2 aliphatic rings. The first-order valence-electron chi connectivity index (χ1n) is 17.5. The molecular formula is C42H37O12P. The first-order valence-corrected chi connectivity index (χ1v) is 19.0. The Morgan fingerprint density at radius 3 is 1.56 bits per heavy atom. The molecule has 0 aromatic heterocycles. The molecule has 1 heterocycles. The molecule has 12 nitrogen and oxygen atoms in total. The summed E-state index contributed by atoms with van der Waals surface area (Å²) in [4.78, 5) is 51.6. The quantitative estimate of drug-likeness (QED) is 0.0748. The molecule has 1 aliphatic carbocycles. The SMILES string of the molecule is CO[C@@H]1O[C@H](COC(=O)c2ccccc2)[C@H](OP(=O)(O)OCC2c3ccccc3-c3ccccc32)[C@H](OC(=O)c2ccccc2)[C@H]1OC(=O)c1ccccc1. The molecule has 1 fully saturated rings. The second kappa shape index (κ2) is 16.9. The maximum atomic E-state index is 14.0. The van der Waals surface area contributed by atoms with Crippen LogP contribution in [0.25, 0.3) is 11.1 Å². The van der Waals surface area contributed by atoms with Gasteiger partial charge in [0.25, 0.3) is 0 Å². The highest BCUT2D eigenvalue weighted by Gasteiger charge is 2.54. The van der Waals surface area contributed by atoms with Gasteiger partial charge in [0.2, 0.25) is 0 Å². The number of ether oxygens (including phenoxy) is 5. The summed E-state index contributed by atoms with van der Waals surface area (Å²) in [6, 6.07) is 39.5. The molecule has 7 rings (SSSR count). The van der Waals surface area contributed by atoms with E-state index in [9.17, 15) is 23.8 Å². The Bertz CT molecular complexity index is 2120. The largest absolute Gasteiger partial charge is 0.472 e. The smallest absolute Gasteiger partial charge is 0.459 e. The standard InChI is InChI=1S/C42H37O12P/c1-48-42-38(53-41(45)29-19-9-4-10-20-29)37(52-40(44)28-17-7-3-8-18-28)36(35(51-42)26-49-39(43)27-15-5-2-6-16-27)54-55(46,47)50-25-34-32-23-13-11-21-30(32)31-22-12-14-24-33(31)34/h2-24,34-38,42H,25-26H2,1H3,(H,46,47)/t35-,36+,37+,38-,42-/m1/s1. The number of phosphoric acid groups is 1. The van der Waals surface area contributed by atoms with Crippen molar-refractivity contribution >= 4 is 25.7 Å². The molecule has 0 amide bonds. The molecule has 1 unspecified atom stereocenters. The van der Waals surface area contributed by atoms with Crippen molar-refractivity contribution in [3.63, 3.8) is 0 Å². The van der Waals surface area contributed by atoms with Crippen LogP contribution in [0.2, 0.25) is 0 Å². The molecule has 0 bridgehead atoms. The minimum atomic E-state index is -5.07. The summed E-state index contributed by atoms with van der Waals surface area (Å²) in [6.07, 6.45) is -7.75. The van der Waals surface area contributed by atoms with Gasteiger partial charge in [-0.1, -0.05) is 103 Å². The van der Waals surface area contributed by atoms with Crippen LogP contribution in [0.15, 0.2) is 140 Å². The summed E-state index contributed by atoms with van der Waals surface area (Å²) in [6.45, 7) is -0.814. The molecule has 13 heteroatoms. The lowest BCUT2D eigenvalue weighted by atomic mass is 9.98. The average molecular weight is 765 g/mol. The van der Waals surface area contributed by atoms with Crippen molar-refractivity contribution in [2.75, 3.05) is 20.3 Å². The first-order chi connectivity index (χ1) is 26.7. The third kappa shape index (κ3) is 8.60. The molecule has 0 saturated carbocycles. The van der Waals surface area contributed by atoms with Crippen molar-refractivity contribution in [2.24, 2.45) is 0 Å². The number of phosphoric ester groups is 1. The number of hydrogen-bond acceptors (Lipinski definition) is 11. The van der Waals surface area contributed by atoms with Crippen LogP contribution in [-0.4, -0.2) is 73.8 Å². The number of fused-ring (bicyclic) bond motifs is 3. The summed E-state index contributed by atoms with van der Waals surface area (Å²) < 4.78 is 54.8. The summed E-state index contributed by atoms with van der Waals surface area (Å²) in [7, 11) is -3.80. The van der Waals surface area contributed by atoms with E-state index in [-0.39, 0.29) is 23.3 Å². The summed E-state index contributed by atoms with van der Waals surface area (Å²) >= 11 is 0. The van der Waals surface area contributed by atoms with Crippen LogP contribution in [0.4, 0.5) is 0 Å². The number of carbonyl (C=O) groups is 3. The van der Waals surface area contributed by atoms with E-state index in [1.54, 1.807) is 66.7 Å². The van der Waals surface area contributed by atoms with Crippen LogP contribution in [0.5, 0.6) is 0 Å². The maximum absolute atomic E-state index is 14.0. The molecule has 5 aromatic rings. The van der Waals surface area contributed by atoms with Crippen molar-refractivity contribution < 1.29 is 56.6 Å². The molecule has 1 N–H and O–H groups in total. The zero-order chi connectivity index (χ0) is 38.4. The van der Waals surface area contributed by atoms with E-state index in [1.807, 2.05) is 48.5 Å². The molecule has 55 heavy (non-hydrogen) atoms. The Morgan fingerprint density at radius 1 is 0.600 bits per heavy atom. The van der Waals surface area contributed by atoms with Crippen molar-refractivity contribution in [2.45, 2.75) is 36.6 Å². The van der Waals surface area contributed by atoms with Gasteiger partial charge in [0.05, 0.1) is 23.3 Å². The van der Waals surface area contributed by atoms with E-state index in [0.717, 1.165) is 22.3 Å². The van der Waals surface area contributed by atoms with Crippen LogP contribution in [0.1, 0.15) is 48.1 Å². The van der Waals surface area contributed by atoms with Gasteiger partial charge in [0, 0.05) is 13.0 Å². The van der Waals surface area contributed by atoms with E-state index in [4.69, 9.17) is 32.7 Å². The zero-order valence-electron chi connectivity index (χ0n) is 29.5.